The molecule has 26 heavy (non-hydrogen) atoms. The number of amides is 1. The second kappa shape index (κ2) is 6.17. The van der Waals surface area contributed by atoms with Crippen molar-refractivity contribution in [3.05, 3.63) is 35.5 Å². The molecule has 134 valence electrons. The van der Waals surface area contributed by atoms with Gasteiger partial charge in [0.1, 0.15) is 5.01 Å². The average molecular weight is 367 g/mol. The Morgan fingerprint density at radius 2 is 2.12 bits per heavy atom. The number of thiazole rings is 1. The highest BCUT2D eigenvalue weighted by Gasteiger charge is 2.39. The van der Waals surface area contributed by atoms with Crippen molar-refractivity contribution in [3.8, 4) is 10.6 Å². The van der Waals surface area contributed by atoms with E-state index in [0.717, 1.165) is 34.3 Å². The average Bonchev–Trinajstić information content (AvgIpc) is 3.34. The van der Waals surface area contributed by atoms with Gasteiger partial charge in [-0.15, -0.1) is 11.3 Å². The Hall–Kier alpha value is -2.25. The Morgan fingerprint density at radius 1 is 1.31 bits per heavy atom. The Labute approximate surface area is 155 Å². The predicted octanol–water partition coefficient (Wildman–Crippen LogP) is 3.04. The topological polar surface area (TPSA) is 73.9 Å². The van der Waals surface area contributed by atoms with E-state index in [0.29, 0.717) is 17.8 Å². The molecule has 2 aromatic heterocycles. The van der Waals surface area contributed by atoms with Crippen LogP contribution in [0.5, 0.6) is 0 Å². The van der Waals surface area contributed by atoms with Crippen LogP contribution in [0.2, 0.25) is 0 Å². The molecule has 0 aliphatic carbocycles. The summed E-state index contributed by atoms with van der Waals surface area (Å²) >= 11 is 1.59. The number of hydrogen-bond donors (Lipinski definition) is 2. The lowest BCUT2D eigenvalue weighted by molar-refractivity contribution is 0.0879. The first kappa shape index (κ1) is 16.0. The standard InChI is InChI=1S/C19H21N5OS/c1-24-13-3-4-14(24)10-12(9-13)21-18(25)17-15-8-11(19-20-6-7-26-19)2-5-16(15)22-23-17/h2,5-8,12-14H,3-4,9-10H2,1H3,(H,21,25)(H,22,23)/t12-,13-,14+. The first-order valence-corrected chi connectivity index (χ1v) is 9.98. The normalized spacial score (nSPS) is 25.7. The van der Waals surface area contributed by atoms with Gasteiger partial charge in [-0.3, -0.25) is 9.89 Å². The lowest BCUT2D eigenvalue weighted by Gasteiger charge is -2.36. The highest BCUT2D eigenvalue weighted by atomic mass is 32.1. The van der Waals surface area contributed by atoms with E-state index in [9.17, 15) is 4.79 Å². The Morgan fingerprint density at radius 3 is 2.85 bits per heavy atom. The largest absolute Gasteiger partial charge is 0.348 e. The fourth-order valence-corrected chi connectivity index (χ4v) is 5.10. The summed E-state index contributed by atoms with van der Waals surface area (Å²) in [6, 6.07) is 7.43. The molecule has 6 nitrogen and oxygen atoms in total. The third-order valence-electron chi connectivity index (χ3n) is 5.89. The van der Waals surface area contributed by atoms with E-state index in [1.807, 2.05) is 23.6 Å². The fraction of sp³-hybridized carbons (Fsp3) is 0.421. The van der Waals surface area contributed by atoms with Crippen LogP contribution in [0, 0.1) is 0 Å². The van der Waals surface area contributed by atoms with Gasteiger partial charge in [0.05, 0.1) is 5.52 Å². The quantitative estimate of drug-likeness (QED) is 0.746. The number of aromatic nitrogens is 3. The molecule has 1 aromatic carbocycles. The number of nitrogens with zero attached hydrogens (tertiary/aromatic N) is 3. The van der Waals surface area contributed by atoms with Gasteiger partial charge in [-0.05, 0) is 50.9 Å². The van der Waals surface area contributed by atoms with E-state index in [2.05, 4.69) is 32.4 Å². The number of nitrogens with one attached hydrogen (secondary N) is 2. The number of rotatable bonds is 3. The summed E-state index contributed by atoms with van der Waals surface area (Å²) in [6.07, 6.45) is 6.35. The van der Waals surface area contributed by atoms with Gasteiger partial charge in [0.25, 0.3) is 5.91 Å². The molecule has 2 bridgehead atoms. The van der Waals surface area contributed by atoms with Crippen LogP contribution in [0.4, 0.5) is 0 Å². The third kappa shape index (κ3) is 2.62. The van der Waals surface area contributed by atoms with E-state index >= 15 is 0 Å². The zero-order valence-corrected chi connectivity index (χ0v) is 15.4. The van der Waals surface area contributed by atoms with Gasteiger partial charge in [-0.1, -0.05) is 0 Å². The third-order valence-corrected chi connectivity index (χ3v) is 6.71. The SMILES string of the molecule is CN1[C@@H]2CC[C@H]1C[C@H](NC(=O)c1n[nH]c3ccc(-c4nccs4)cc13)C2. The minimum atomic E-state index is -0.0820. The summed E-state index contributed by atoms with van der Waals surface area (Å²) in [5, 5.41) is 14.3. The minimum absolute atomic E-state index is 0.0820. The van der Waals surface area contributed by atoms with Crippen LogP contribution in [0.3, 0.4) is 0 Å². The maximum absolute atomic E-state index is 12.9. The Kier molecular flexibility index (Phi) is 3.79. The number of H-pyrrole nitrogens is 1. The maximum Gasteiger partial charge on any atom is 0.272 e. The molecule has 4 heterocycles. The van der Waals surface area contributed by atoms with Gasteiger partial charge in [-0.2, -0.15) is 5.10 Å². The molecule has 2 aliphatic rings. The fourth-order valence-electron chi connectivity index (χ4n) is 4.47. The Bertz CT molecular complexity index is 936. The number of hydrogen-bond acceptors (Lipinski definition) is 5. The maximum atomic E-state index is 12.9. The molecule has 2 saturated heterocycles. The molecule has 2 N–H and O–H groups in total. The number of fused-ring (bicyclic) bond motifs is 3. The lowest BCUT2D eigenvalue weighted by Crippen LogP contribution is -2.48. The predicted molar refractivity (Wildman–Crippen MR) is 102 cm³/mol. The van der Waals surface area contributed by atoms with Crippen LogP contribution in [0.1, 0.15) is 36.2 Å². The van der Waals surface area contributed by atoms with Gasteiger partial charge < -0.3 is 10.2 Å². The van der Waals surface area contributed by atoms with E-state index in [-0.39, 0.29) is 11.9 Å². The summed E-state index contributed by atoms with van der Waals surface area (Å²) in [5.41, 5.74) is 2.36. The molecule has 3 atom stereocenters. The second-order valence-electron chi connectivity index (χ2n) is 7.36. The first-order chi connectivity index (χ1) is 12.7. The molecule has 2 fully saturated rings. The van der Waals surface area contributed by atoms with Crippen molar-refractivity contribution in [2.75, 3.05) is 7.05 Å². The zero-order chi connectivity index (χ0) is 17.7. The van der Waals surface area contributed by atoms with Crippen LogP contribution in [-0.2, 0) is 0 Å². The van der Waals surface area contributed by atoms with E-state index in [1.54, 1.807) is 17.5 Å². The molecule has 2 aliphatic heterocycles. The van der Waals surface area contributed by atoms with E-state index in [4.69, 9.17) is 0 Å². The molecule has 7 heteroatoms. The van der Waals surface area contributed by atoms with Crippen molar-refractivity contribution < 1.29 is 4.79 Å². The monoisotopic (exact) mass is 367 g/mol. The Balaban J connectivity index is 1.40. The van der Waals surface area contributed by atoms with Gasteiger partial charge >= 0.3 is 0 Å². The van der Waals surface area contributed by atoms with Crippen molar-refractivity contribution in [1.82, 2.24) is 25.4 Å². The van der Waals surface area contributed by atoms with Crippen molar-refractivity contribution in [2.24, 2.45) is 0 Å². The molecule has 1 amide bonds. The number of benzene rings is 1. The zero-order valence-electron chi connectivity index (χ0n) is 14.6. The highest BCUT2D eigenvalue weighted by Crippen LogP contribution is 2.34. The summed E-state index contributed by atoms with van der Waals surface area (Å²) in [6.45, 7) is 0. The smallest absolute Gasteiger partial charge is 0.272 e. The molecule has 0 radical (unpaired) electrons. The minimum Gasteiger partial charge on any atom is -0.348 e. The van der Waals surface area contributed by atoms with Gasteiger partial charge in [-0.25, -0.2) is 4.98 Å². The summed E-state index contributed by atoms with van der Waals surface area (Å²) in [5.74, 6) is -0.0820. The van der Waals surface area contributed by atoms with E-state index in [1.165, 1.54) is 12.8 Å². The van der Waals surface area contributed by atoms with E-state index < -0.39 is 0 Å². The second-order valence-corrected chi connectivity index (χ2v) is 8.26. The molecule has 3 aromatic rings. The molecular formula is C19H21N5OS. The molecule has 0 unspecified atom stereocenters. The van der Waals surface area contributed by atoms with Crippen LogP contribution in [0.15, 0.2) is 29.8 Å². The molecule has 0 saturated carbocycles. The van der Waals surface area contributed by atoms with Gasteiger partial charge in [0.2, 0.25) is 0 Å². The van der Waals surface area contributed by atoms with Crippen molar-refractivity contribution >= 4 is 28.1 Å². The molecular weight excluding hydrogens is 346 g/mol. The first-order valence-electron chi connectivity index (χ1n) is 9.10. The summed E-state index contributed by atoms with van der Waals surface area (Å²) < 4.78 is 0. The van der Waals surface area contributed by atoms with Gasteiger partial charge in [0, 0.05) is 40.7 Å². The van der Waals surface area contributed by atoms with Gasteiger partial charge in [0.15, 0.2) is 5.69 Å². The number of piperidine rings is 1. The van der Waals surface area contributed by atoms with Crippen LogP contribution >= 0.6 is 11.3 Å². The summed E-state index contributed by atoms with van der Waals surface area (Å²) in [7, 11) is 2.21. The number of carbonyl (C=O) groups excluding carboxylic acids is 1. The van der Waals surface area contributed by atoms with Crippen molar-refractivity contribution in [1.29, 1.82) is 0 Å². The highest BCUT2D eigenvalue weighted by molar-refractivity contribution is 7.13. The molecule has 5 rings (SSSR count). The molecule has 0 spiro atoms. The van der Waals surface area contributed by atoms with Crippen molar-refractivity contribution in [3.63, 3.8) is 0 Å². The van der Waals surface area contributed by atoms with Crippen molar-refractivity contribution in [2.45, 2.75) is 43.8 Å². The number of aromatic amines is 1. The number of carbonyl (C=O) groups is 1. The van der Waals surface area contributed by atoms with Crippen LogP contribution in [0.25, 0.3) is 21.5 Å². The lowest BCUT2D eigenvalue weighted by atomic mass is 9.98. The summed E-state index contributed by atoms with van der Waals surface area (Å²) in [4.78, 5) is 19.7. The van der Waals surface area contributed by atoms with Crippen LogP contribution in [-0.4, -0.2) is 51.2 Å². The van der Waals surface area contributed by atoms with Crippen LogP contribution < -0.4 is 5.32 Å².